The van der Waals surface area contributed by atoms with Crippen LogP contribution in [-0.4, -0.2) is 17.8 Å². The molecule has 0 saturated carbocycles. The van der Waals surface area contributed by atoms with Crippen molar-refractivity contribution in [3.8, 4) is 11.8 Å². The van der Waals surface area contributed by atoms with E-state index in [1.165, 1.54) is 0 Å². The summed E-state index contributed by atoms with van der Waals surface area (Å²) in [6, 6.07) is 6.92. The van der Waals surface area contributed by atoms with E-state index >= 15 is 0 Å². The first-order valence-corrected chi connectivity index (χ1v) is 4.74. The molecule has 1 aromatic rings. The number of hydrogen-bond acceptors (Lipinski definition) is 4. The lowest BCUT2D eigenvalue weighted by atomic mass is 10.2. The summed E-state index contributed by atoms with van der Waals surface area (Å²) >= 11 is 0. The summed E-state index contributed by atoms with van der Waals surface area (Å²) in [6.07, 6.45) is 0.138. The smallest absolute Gasteiger partial charge is 0.137 e. The molecular formula is C11H14N2O2. The lowest BCUT2D eigenvalue weighted by Crippen LogP contribution is -2.08. The SMILES string of the molecule is CC(O)CCOc1ccc(N)cc1C#N. The summed E-state index contributed by atoms with van der Waals surface area (Å²) in [5.41, 5.74) is 6.49. The molecule has 0 aliphatic rings. The van der Waals surface area contributed by atoms with Gasteiger partial charge in [0.05, 0.1) is 18.3 Å². The molecule has 1 unspecified atom stereocenters. The molecule has 1 rings (SSSR count). The van der Waals surface area contributed by atoms with Gasteiger partial charge < -0.3 is 15.6 Å². The van der Waals surface area contributed by atoms with Crippen molar-refractivity contribution in [2.24, 2.45) is 0 Å². The maximum Gasteiger partial charge on any atom is 0.137 e. The number of hydrogen-bond donors (Lipinski definition) is 2. The molecule has 0 aromatic heterocycles. The minimum absolute atomic E-state index is 0.385. The third-order valence-corrected chi connectivity index (χ3v) is 1.92. The van der Waals surface area contributed by atoms with Gasteiger partial charge in [0, 0.05) is 12.1 Å². The van der Waals surface area contributed by atoms with Crippen LogP contribution in [0.3, 0.4) is 0 Å². The van der Waals surface area contributed by atoms with Crippen molar-refractivity contribution in [2.75, 3.05) is 12.3 Å². The van der Waals surface area contributed by atoms with Crippen LogP contribution in [0.15, 0.2) is 18.2 Å². The number of benzene rings is 1. The van der Waals surface area contributed by atoms with E-state index in [0.717, 1.165) is 0 Å². The second kappa shape index (κ2) is 5.23. The van der Waals surface area contributed by atoms with Crippen LogP contribution in [0, 0.1) is 11.3 Å². The summed E-state index contributed by atoms with van der Waals surface area (Å²) in [7, 11) is 0. The Balaban J connectivity index is 2.65. The van der Waals surface area contributed by atoms with Crippen LogP contribution in [0.25, 0.3) is 0 Å². The topological polar surface area (TPSA) is 79.3 Å². The number of aliphatic hydroxyl groups is 1. The largest absolute Gasteiger partial charge is 0.492 e. The predicted octanol–water partition coefficient (Wildman–Crippen LogP) is 1.29. The van der Waals surface area contributed by atoms with Gasteiger partial charge in [-0.05, 0) is 25.1 Å². The third-order valence-electron chi connectivity index (χ3n) is 1.92. The molecule has 0 spiro atoms. The fourth-order valence-electron chi connectivity index (χ4n) is 1.10. The zero-order valence-corrected chi connectivity index (χ0v) is 8.60. The summed E-state index contributed by atoms with van der Waals surface area (Å²) < 4.78 is 5.36. The first-order valence-electron chi connectivity index (χ1n) is 4.74. The summed E-state index contributed by atoms with van der Waals surface area (Å²) in [5.74, 6) is 0.507. The van der Waals surface area contributed by atoms with Crippen LogP contribution in [0.2, 0.25) is 0 Å². The number of nitrogens with zero attached hydrogens (tertiary/aromatic N) is 1. The van der Waals surface area contributed by atoms with E-state index in [9.17, 15) is 0 Å². The van der Waals surface area contributed by atoms with Gasteiger partial charge in [-0.3, -0.25) is 0 Å². The maximum atomic E-state index is 9.04. The molecule has 0 aliphatic carbocycles. The van der Waals surface area contributed by atoms with E-state index in [-0.39, 0.29) is 0 Å². The van der Waals surface area contributed by atoms with E-state index in [0.29, 0.717) is 30.0 Å². The molecule has 4 nitrogen and oxygen atoms in total. The number of ether oxygens (including phenoxy) is 1. The fourth-order valence-corrected chi connectivity index (χ4v) is 1.10. The number of rotatable bonds is 4. The number of anilines is 1. The minimum atomic E-state index is -0.399. The molecule has 0 radical (unpaired) electrons. The van der Waals surface area contributed by atoms with E-state index in [2.05, 4.69) is 0 Å². The Morgan fingerprint density at radius 1 is 1.60 bits per heavy atom. The van der Waals surface area contributed by atoms with Crippen LogP contribution in [-0.2, 0) is 0 Å². The summed E-state index contributed by atoms with van der Waals surface area (Å²) in [4.78, 5) is 0. The van der Waals surface area contributed by atoms with Gasteiger partial charge in [-0.15, -0.1) is 0 Å². The van der Waals surface area contributed by atoms with Crippen molar-refractivity contribution in [2.45, 2.75) is 19.4 Å². The third kappa shape index (κ3) is 3.49. The highest BCUT2D eigenvalue weighted by atomic mass is 16.5. The normalized spacial score (nSPS) is 11.8. The molecule has 3 N–H and O–H groups in total. The Morgan fingerprint density at radius 2 is 2.33 bits per heavy atom. The maximum absolute atomic E-state index is 9.04. The van der Waals surface area contributed by atoms with Crippen LogP contribution in [0.1, 0.15) is 18.9 Å². The molecular weight excluding hydrogens is 192 g/mol. The van der Waals surface area contributed by atoms with Crippen LogP contribution >= 0.6 is 0 Å². The highest BCUT2D eigenvalue weighted by molar-refractivity contribution is 5.53. The molecule has 0 saturated heterocycles. The van der Waals surface area contributed by atoms with Crippen molar-refractivity contribution in [3.05, 3.63) is 23.8 Å². The molecule has 0 fully saturated rings. The molecule has 1 aromatic carbocycles. The highest BCUT2D eigenvalue weighted by Gasteiger charge is 2.04. The molecule has 80 valence electrons. The number of nitrogen functional groups attached to an aromatic ring is 1. The van der Waals surface area contributed by atoms with Gasteiger partial charge in [0.15, 0.2) is 0 Å². The monoisotopic (exact) mass is 206 g/mol. The van der Waals surface area contributed by atoms with Crippen LogP contribution < -0.4 is 10.5 Å². The molecule has 1 atom stereocenters. The van der Waals surface area contributed by atoms with E-state index < -0.39 is 6.10 Å². The summed E-state index contributed by atoms with van der Waals surface area (Å²) in [6.45, 7) is 2.08. The van der Waals surface area contributed by atoms with E-state index in [4.69, 9.17) is 20.8 Å². The minimum Gasteiger partial charge on any atom is -0.492 e. The Morgan fingerprint density at radius 3 is 2.93 bits per heavy atom. The number of nitriles is 1. The molecule has 0 bridgehead atoms. The molecule has 0 amide bonds. The molecule has 0 heterocycles. The van der Waals surface area contributed by atoms with Crippen molar-refractivity contribution in [1.29, 1.82) is 5.26 Å². The van der Waals surface area contributed by atoms with Crippen molar-refractivity contribution < 1.29 is 9.84 Å². The lowest BCUT2D eigenvalue weighted by Gasteiger charge is -2.09. The van der Waals surface area contributed by atoms with Crippen LogP contribution in [0.5, 0.6) is 5.75 Å². The van der Waals surface area contributed by atoms with Crippen molar-refractivity contribution >= 4 is 5.69 Å². The average molecular weight is 206 g/mol. The molecule has 0 aliphatic heterocycles. The second-order valence-corrected chi connectivity index (χ2v) is 3.35. The van der Waals surface area contributed by atoms with Gasteiger partial charge in [0.1, 0.15) is 11.8 Å². The zero-order valence-electron chi connectivity index (χ0n) is 8.60. The highest BCUT2D eigenvalue weighted by Crippen LogP contribution is 2.20. The Bertz CT molecular complexity index is 369. The van der Waals surface area contributed by atoms with Crippen molar-refractivity contribution in [1.82, 2.24) is 0 Å². The number of aliphatic hydroxyl groups excluding tert-OH is 1. The second-order valence-electron chi connectivity index (χ2n) is 3.35. The first-order chi connectivity index (χ1) is 7.13. The van der Waals surface area contributed by atoms with Gasteiger partial charge in [-0.1, -0.05) is 0 Å². The van der Waals surface area contributed by atoms with Crippen molar-refractivity contribution in [3.63, 3.8) is 0 Å². The summed E-state index contributed by atoms with van der Waals surface area (Å²) in [5, 5.41) is 17.9. The molecule has 4 heteroatoms. The zero-order chi connectivity index (χ0) is 11.3. The van der Waals surface area contributed by atoms with Gasteiger partial charge in [0.2, 0.25) is 0 Å². The Labute approximate surface area is 88.9 Å². The van der Waals surface area contributed by atoms with Gasteiger partial charge >= 0.3 is 0 Å². The van der Waals surface area contributed by atoms with E-state index in [1.54, 1.807) is 25.1 Å². The number of nitrogens with two attached hydrogens (primary N) is 1. The quantitative estimate of drug-likeness (QED) is 0.727. The van der Waals surface area contributed by atoms with Gasteiger partial charge in [-0.2, -0.15) is 5.26 Å². The van der Waals surface area contributed by atoms with E-state index in [1.807, 2.05) is 6.07 Å². The Hall–Kier alpha value is -1.73. The predicted molar refractivity (Wildman–Crippen MR) is 57.4 cm³/mol. The average Bonchev–Trinajstić information content (AvgIpc) is 2.19. The fraction of sp³-hybridized carbons (Fsp3) is 0.364. The van der Waals surface area contributed by atoms with Gasteiger partial charge in [-0.25, -0.2) is 0 Å². The molecule has 15 heavy (non-hydrogen) atoms. The standard InChI is InChI=1S/C11H14N2O2/c1-8(14)4-5-15-11-3-2-10(13)6-9(11)7-12/h2-3,6,8,14H,4-5,13H2,1H3. The lowest BCUT2D eigenvalue weighted by molar-refractivity contribution is 0.155. The van der Waals surface area contributed by atoms with Gasteiger partial charge in [0.25, 0.3) is 0 Å². The van der Waals surface area contributed by atoms with Crippen LogP contribution in [0.4, 0.5) is 5.69 Å². The Kier molecular flexibility index (Phi) is 3.95. The first kappa shape index (κ1) is 11.3.